The molecule has 6 N–H and O–H groups in total. The molecule has 0 aromatic carbocycles. The van der Waals surface area contributed by atoms with E-state index in [4.69, 9.17) is 16.2 Å². The Morgan fingerprint density at radius 3 is 2.24 bits per heavy atom. The number of nitrogens with one attached hydrogen (secondary N) is 2. The van der Waals surface area contributed by atoms with Crippen LogP contribution in [0.2, 0.25) is 0 Å². The predicted octanol–water partition coefficient (Wildman–Crippen LogP) is -0.676. The summed E-state index contributed by atoms with van der Waals surface area (Å²) in [4.78, 5) is 45.3. The van der Waals surface area contributed by atoms with Crippen molar-refractivity contribution >= 4 is 23.7 Å². The van der Waals surface area contributed by atoms with Crippen molar-refractivity contribution in [3.8, 4) is 0 Å². The van der Waals surface area contributed by atoms with Gasteiger partial charge in [-0.1, -0.05) is 6.42 Å². The molecule has 0 fully saturated rings. The van der Waals surface area contributed by atoms with Crippen molar-refractivity contribution in [2.75, 3.05) is 13.2 Å². The van der Waals surface area contributed by atoms with Gasteiger partial charge in [-0.05, 0) is 32.6 Å². The van der Waals surface area contributed by atoms with Crippen molar-refractivity contribution in [1.82, 2.24) is 10.6 Å². The molecule has 0 aromatic rings. The normalized spacial score (nSPS) is 12.8. The molecule has 0 aliphatic heterocycles. The molecular weight excluding hydrogens is 328 g/mol. The Morgan fingerprint density at radius 2 is 1.68 bits per heavy atom. The Labute approximate surface area is 148 Å². The first-order valence-corrected chi connectivity index (χ1v) is 8.49. The fourth-order valence-electron chi connectivity index (χ4n) is 1.99. The van der Waals surface area contributed by atoms with Crippen LogP contribution >= 0.6 is 0 Å². The molecule has 0 unspecified atom stereocenters. The van der Waals surface area contributed by atoms with Gasteiger partial charge < -0.3 is 26.8 Å². The monoisotopic (exact) mass is 358 g/mol. The molecule has 0 saturated carbocycles. The van der Waals surface area contributed by atoms with E-state index in [1.165, 1.54) is 13.8 Å². The molecule has 0 spiro atoms. The van der Waals surface area contributed by atoms with Gasteiger partial charge in [-0.2, -0.15) is 0 Å². The summed E-state index contributed by atoms with van der Waals surface area (Å²) in [5, 5.41) is 5.25. The summed E-state index contributed by atoms with van der Waals surface area (Å²) in [5.41, 5.74) is 10.6. The fraction of sp³-hybridized carbons (Fsp3) is 0.750. The van der Waals surface area contributed by atoms with Gasteiger partial charge in [0.25, 0.3) is 0 Å². The molecule has 2 atom stereocenters. The van der Waals surface area contributed by atoms with E-state index in [0.29, 0.717) is 13.2 Å². The van der Waals surface area contributed by atoms with Crippen LogP contribution in [0.25, 0.3) is 0 Å². The number of hydrogen-bond donors (Lipinski definition) is 4. The Bertz CT molecular complexity index is 454. The van der Waals surface area contributed by atoms with Crippen molar-refractivity contribution in [3.63, 3.8) is 0 Å². The van der Waals surface area contributed by atoms with Gasteiger partial charge in [-0.15, -0.1) is 0 Å². The maximum Gasteiger partial charge on any atom is 0.302 e. The third kappa shape index (κ3) is 12.9. The zero-order valence-electron chi connectivity index (χ0n) is 15.0. The van der Waals surface area contributed by atoms with Crippen molar-refractivity contribution in [3.05, 3.63) is 0 Å². The van der Waals surface area contributed by atoms with Crippen LogP contribution in [0.4, 0.5) is 0 Å². The number of carbonyl (C=O) groups is 4. The summed E-state index contributed by atoms with van der Waals surface area (Å²) >= 11 is 0. The van der Waals surface area contributed by atoms with Gasteiger partial charge in [-0.25, -0.2) is 0 Å². The van der Waals surface area contributed by atoms with E-state index in [-0.39, 0.29) is 24.7 Å². The van der Waals surface area contributed by atoms with E-state index in [0.717, 1.165) is 25.7 Å². The summed E-state index contributed by atoms with van der Waals surface area (Å²) in [6.45, 7) is 3.73. The molecule has 0 rings (SSSR count). The molecule has 0 bridgehead atoms. The van der Waals surface area contributed by atoms with Crippen LogP contribution in [0.1, 0.15) is 52.4 Å². The second-order valence-electron chi connectivity index (χ2n) is 5.90. The lowest BCUT2D eigenvalue weighted by atomic mass is 10.1. The molecule has 144 valence electrons. The minimum atomic E-state index is -0.838. The molecule has 0 aromatic heterocycles. The van der Waals surface area contributed by atoms with E-state index in [9.17, 15) is 19.2 Å². The third-order valence-corrected chi connectivity index (χ3v) is 3.40. The molecule has 9 heteroatoms. The molecule has 9 nitrogen and oxygen atoms in total. The maximum atomic E-state index is 12.1. The highest BCUT2D eigenvalue weighted by Gasteiger charge is 2.22. The highest BCUT2D eigenvalue weighted by Crippen LogP contribution is 2.01. The minimum absolute atomic E-state index is 0.00648. The standard InChI is InChI=1S/C16H30N4O5/c1-11(17)15(23)20-13(7-8-14(18)22)16(24)19-9-5-3-4-6-10-25-12(2)21/h11,13H,3-10,17H2,1-2H3,(H2,18,22)(H,19,24)(H,20,23)/t11-,13+/m0/s1. The lowest BCUT2D eigenvalue weighted by molar-refractivity contribution is -0.141. The third-order valence-electron chi connectivity index (χ3n) is 3.40. The summed E-state index contributed by atoms with van der Waals surface area (Å²) in [6.07, 6.45) is 3.42. The van der Waals surface area contributed by atoms with Crippen molar-refractivity contribution in [2.24, 2.45) is 11.5 Å². The lowest BCUT2D eigenvalue weighted by Crippen LogP contribution is -2.51. The van der Waals surface area contributed by atoms with E-state index >= 15 is 0 Å². The van der Waals surface area contributed by atoms with Gasteiger partial charge in [0.05, 0.1) is 12.6 Å². The highest BCUT2D eigenvalue weighted by molar-refractivity contribution is 5.89. The lowest BCUT2D eigenvalue weighted by Gasteiger charge is -2.19. The number of primary amides is 1. The van der Waals surface area contributed by atoms with E-state index in [1.807, 2.05) is 0 Å². The van der Waals surface area contributed by atoms with Crippen LogP contribution in [-0.2, 0) is 23.9 Å². The topological polar surface area (TPSA) is 154 Å². The van der Waals surface area contributed by atoms with Crippen LogP contribution in [0.5, 0.6) is 0 Å². The number of nitrogens with two attached hydrogens (primary N) is 2. The van der Waals surface area contributed by atoms with Gasteiger partial charge in [0, 0.05) is 19.9 Å². The van der Waals surface area contributed by atoms with Crippen LogP contribution in [0.15, 0.2) is 0 Å². The number of rotatable bonds is 13. The first-order valence-electron chi connectivity index (χ1n) is 8.49. The summed E-state index contributed by atoms with van der Waals surface area (Å²) in [7, 11) is 0. The second-order valence-corrected chi connectivity index (χ2v) is 5.90. The van der Waals surface area contributed by atoms with Gasteiger partial charge in [0.2, 0.25) is 17.7 Å². The number of unbranched alkanes of at least 4 members (excludes halogenated alkanes) is 3. The molecule has 3 amide bonds. The first kappa shape index (κ1) is 22.8. The van der Waals surface area contributed by atoms with Crippen molar-refractivity contribution < 1.29 is 23.9 Å². The van der Waals surface area contributed by atoms with E-state index < -0.39 is 23.9 Å². The Kier molecular flexibility index (Phi) is 12.0. The van der Waals surface area contributed by atoms with Crippen LogP contribution in [0.3, 0.4) is 0 Å². The Hall–Kier alpha value is -2.16. The molecule has 0 aliphatic carbocycles. The number of carbonyl (C=O) groups excluding carboxylic acids is 4. The molecule has 0 radical (unpaired) electrons. The summed E-state index contributed by atoms with van der Waals surface area (Å²) < 4.78 is 4.82. The smallest absolute Gasteiger partial charge is 0.302 e. The number of amides is 3. The maximum absolute atomic E-state index is 12.1. The zero-order valence-corrected chi connectivity index (χ0v) is 15.0. The number of ether oxygens (including phenoxy) is 1. The zero-order chi connectivity index (χ0) is 19.2. The second kappa shape index (κ2) is 13.2. The average Bonchev–Trinajstić information content (AvgIpc) is 2.52. The number of hydrogen-bond acceptors (Lipinski definition) is 6. The Morgan fingerprint density at radius 1 is 1.04 bits per heavy atom. The van der Waals surface area contributed by atoms with Gasteiger partial charge in [-0.3, -0.25) is 19.2 Å². The molecule has 0 heterocycles. The van der Waals surface area contributed by atoms with Crippen molar-refractivity contribution in [2.45, 2.75) is 64.5 Å². The Balaban J connectivity index is 4.09. The predicted molar refractivity (Wildman–Crippen MR) is 92.1 cm³/mol. The fourth-order valence-corrected chi connectivity index (χ4v) is 1.99. The van der Waals surface area contributed by atoms with Crippen LogP contribution in [0, 0.1) is 0 Å². The SMILES string of the molecule is CC(=O)OCCCCCCNC(=O)[C@@H](CCC(N)=O)NC(=O)[C@H](C)N. The van der Waals surface area contributed by atoms with Crippen molar-refractivity contribution in [1.29, 1.82) is 0 Å². The average molecular weight is 358 g/mol. The molecule has 25 heavy (non-hydrogen) atoms. The largest absolute Gasteiger partial charge is 0.466 e. The van der Waals surface area contributed by atoms with Gasteiger partial charge in [0.15, 0.2) is 0 Å². The van der Waals surface area contributed by atoms with Gasteiger partial charge in [0.1, 0.15) is 6.04 Å². The summed E-state index contributed by atoms with van der Waals surface area (Å²) in [5.74, 6) is -1.66. The summed E-state index contributed by atoms with van der Waals surface area (Å²) in [6, 6.07) is -1.59. The van der Waals surface area contributed by atoms with E-state index in [2.05, 4.69) is 10.6 Å². The van der Waals surface area contributed by atoms with E-state index in [1.54, 1.807) is 0 Å². The molecular formula is C16H30N4O5. The van der Waals surface area contributed by atoms with Gasteiger partial charge >= 0.3 is 5.97 Å². The highest BCUT2D eigenvalue weighted by atomic mass is 16.5. The minimum Gasteiger partial charge on any atom is -0.466 e. The quantitative estimate of drug-likeness (QED) is 0.253. The van der Waals surface area contributed by atoms with Crippen LogP contribution < -0.4 is 22.1 Å². The first-order chi connectivity index (χ1) is 11.7. The molecule has 0 saturated heterocycles. The number of esters is 1. The molecule has 0 aliphatic rings. The van der Waals surface area contributed by atoms with Crippen LogP contribution in [-0.4, -0.2) is 48.9 Å².